The Morgan fingerprint density at radius 1 is 0.350 bits per heavy atom. The number of rotatable bonds is 46. The van der Waals surface area contributed by atoms with E-state index in [9.17, 15) is 14.4 Å². The standard InChI is InChI=1S/C54H96O6/c1-4-7-10-13-16-18-20-21-22-23-24-25-26-27-28-29-30-31-32-33-34-36-38-41-44-47-53(56)59-50-51(49-58-52(55)46-43-40-37-15-12-9-6-3)60-54(57)48-45-42-39-35-19-17-14-11-8-5-2/h7,10,16,18,21-22,24-25,51H,4-6,8-9,11-15,17,19-20,23,26-50H2,1-3H3/b10-7-,18-16-,22-21-,25-24-. The van der Waals surface area contributed by atoms with Crippen LogP contribution in [0.2, 0.25) is 0 Å². The lowest BCUT2D eigenvalue weighted by Gasteiger charge is -2.18. The molecule has 0 fully saturated rings. The Kier molecular flexibility index (Phi) is 46.9. The zero-order chi connectivity index (χ0) is 43.7. The van der Waals surface area contributed by atoms with Crippen LogP contribution in [-0.4, -0.2) is 37.2 Å². The molecule has 348 valence electrons. The Hall–Kier alpha value is -2.63. The van der Waals surface area contributed by atoms with Gasteiger partial charge in [-0.05, 0) is 57.8 Å². The molecule has 0 saturated carbocycles. The van der Waals surface area contributed by atoms with Gasteiger partial charge in [-0.2, -0.15) is 0 Å². The van der Waals surface area contributed by atoms with Crippen LogP contribution in [0, 0.1) is 0 Å². The summed E-state index contributed by atoms with van der Waals surface area (Å²) < 4.78 is 16.7. The number of hydrogen-bond acceptors (Lipinski definition) is 6. The molecule has 0 heterocycles. The molecule has 1 unspecified atom stereocenters. The van der Waals surface area contributed by atoms with Crippen LogP contribution < -0.4 is 0 Å². The molecular formula is C54H96O6. The van der Waals surface area contributed by atoms with E-state index in [1.807, 2.05) is 0 Å². The highest BCUT2D eigenvalue weighted by molar-refractivity contribution is 5.71. The van der Waals surface area contributed by atoms with Crippen molar-refractivity contribution < 1.29 is 28.6 Å². The number of carbonyl (C=O) groups is 3. The van der Waals surface area contributed by atoms with Crippen LogP contribution in [0.25, 0.3) is 0 Å². The Labute approximate surface area is 371 Å². The summed E-state index contributed by atoms with van der Waals surface area (Å²) in [6, 6.07) is 0. The zero-order valence-corrected chi connectivity index (χ0v) is 39.7. The predicted molar refractivity (Wildman–Crippen MR) is 256 cm³/mol. The third-order valence-corrected chi connectivity index (χ3v) is 11.1. The molecule has 1 atom stereocenters. The van der Waals surface area contributed by atoms with Gasteiger partial charge in [0, 0.05) is 19.3 Å². The molecule has 60 heavy (non-hydrogen) atoms. The fraction of sp³-hybridized carbons (Fsp3) is 0.796. The maximum absolute atomic E-state index is 12.7. The summed E-state index contributed by atoms with van der Waals surface area (Å²) in [4.78, 5) is 37.7. The van der Waals surface area contributed by atoms with Crippen molar-refractivity contribution in [2.75, 3.05) is 13.2 Å². The van der Waals surface area contributed by atoms with E-state index in [2.05, 4.69) is 69.4 Å². The second-order valence-corrected chi connectivity index (χ2v) is 17.1. The van der Waals surface area contributed by atoms with Crippen LogP contribution >= 0.6 is 0 Å². The SMILES string of the molecule is CC/C=C\C/C=C\C/C=C\C/C=C\CCCCCCCCCCCCCCC(=O)OCC(COC(=O)CCCCCCCCC)OC(=O)CCCCCCCCCCCC. The molecular weight excluding hydrogens is 745 g/mol. The molecule has 6 heteroatoms. The Morgan fingerprint density at radius 2 is 0.650 bits per heavy atom. The first-order chi connectivity index (χ1) is 29.5. The minimum atomic E-state index is -0.765. The first kappa shape index (κ1) is 57.4. The molecule has 0 aliphatic heterocycles. The van der Waals surface area contributed by atoms with Crippen LogP contribution in [0.3, 0.4) is 0 Å². The summed E-state index contributed by atoms with van der Waals surface area (Å²) in [5, 5.41) is 0. The van der Waals surface area contributed by atoms with E-state index in [4.69, 9.17) is 14.2 Å². The lowest BCUT2D eigenvalue weighted by Crippen LogP contribution is -2.30. The maximum Gasteiger partial charge on any atom is 0.306 e. The molecule has 0 aliphatic carbocycles. The molecule has 0 saturated heterocycles. The van der Waals surface area contributed by atoms with E-state index in [1.165, 1.54) is 135 Å². The van der Waals surface area contributed by atoms with Crippen LogP contribution in [-0.2, 0) is 28.6 Å². The summed E-state index contributed by atoms with van der Waals surface area (Å²) in [6.07, 6.45) is 58.4. The van der Waals surface area contributed by atoms with E-state index < -0.39 is 6.10 Å². The Balaban J connectivity index is 4.09. The Bertz CT molecular complexity index is 1060. The highest BCUT2D eigenvalue weighted by atomic mass is 16.6. The molecule has 0 radical (unpaired) electrons. The third kappa shape index (κ3) is 46.4. The number of ether oxygens (including phenoxy) is 3. The number of unbranched alkanes of at least 4 members (excludes halogenated alkanes) is 27. The summed E-state index contributed by atoms with van der Waals surface area (Å²) in [5.41, 5.74) is 0. The predicted octanol–water partition coefficient (Wildman–Crippen LogP) is 16.7. The van der Waals surface area contributed by atoms with Gasteiger partial charge in [-0.1, -0.05) is 230 Å². The first-order valence-electron chi connectivity index (χ1n) is 25.6. The van der Waals surface area contributed by atoms with E-state index in [0.717, 1.165) is 83.5 Å². The van der Waals surface area contributed by atoms with Crippen molar-refractivity contribution in [2.24, 2.45) is 0 Å². The Morgan fingerprint density at radius 3 is 1.02 bits per heavy atom. The summed E-state index contributed by atoms with van der Waals surface area (Å²) in [7, 11) is 0. The highest BCUT2D eigenvalue weighted by Gasteiger charge is 2.19. The van der Waals surface area contributed by atoms with Crippen LogP contribution in [0.4, 0.5) is 0 Å². The van der Waals surface area contributed by atoms with Gasteiger partial charge in [0.15, 0.2) is 6.10 Å². The molecule has 0 spiro atoms. The average Bonchev–Trinajstić information content (AvgIpc) is 3.24. The largest absolute Gasteiger partial charge is 0.462 e. The molecule has 0 bridgehead atoms. The van der Waals surface area contributed by atoms with E-state index >= 15 is 0 Å². The molecule has 0 amide bonds. The molecule has 0 rings (SSSR count). The summed E-state index contributed by atoms with van der Waals surface area (Å²) >= 11 is 0. The second kappa shape index (κ2) is 49.0. The van der Waals surface area contributed by atoms with Crippen LogP contribution in [0.1, 0.15) is 258 Å². The molecule has 0 aromatic carbocycles. The van der Waals surface area contributed by atoms with E-state index in [1.54, 1.807) is 0 Å². The van der Waals surface area contributed by atoms with Crippen molar-refractivity contribution >= 4 is 17.9 Å². The minimum absolute atomic E-state index is 0.0704. The number of carbonyl (C=O) groups excluding carboxylic acids is 3. The summed E-state index contributed by atoms with van der Waals surface area (Å²) in [5.74, 6) is -0.874. The van der Waals surface area contributed by atoms with Gasteiger partial charge in [-0.15, -0.1) is 0 Å². The fourth-order valence-electron chi connectivity index (χ4n) is 7.26. The maximum atomic E-state index is 12.7. The highest BCUT2D eigenvalue weighted by Crippen LogP contribution is 2.15. The number of hydrogen-bond donors (Lipinski definition) is 0. The number of allylic oxidation sites excluding steroid dienone is 8. The zero-order valence-electron chi connectivity index (χ0n) is 39.7. The van der Waals surface area contributed by atoms with E-state index in [-0.39, 0.29) is 31.1 Å². The van der Waals surface area contributed by atoms with Gasteiger partial charge in [-0.25, -0.2) is 0 Å². The lowest BCUT2D eigenvalue weighted by atomic mass is 10.0. The second-order valence-electron chi connectivity index (χ2n) is 17.1. The quantitative estimate of drug-likeness (QED) is 0.0263. The first-order valence-corrected chi connectivity index (χ1v) is 25.6. The monoisotopic (exact) mass is 841 g/mol. The van der Waals surface area contributed by atoms with Crippen LogP contribution in [0.15, 0.2) is 48.6 Å². The topological polar surface area (TPSA) is 78.9 Å². The van der Waals surface area contributed by atoms with Crippen molar-refractivity contribution in [1.82, 2.24) is 0 Å². The summed E-state index contributed by atoms with van der Waals surface area (Å²) in [6.45, 7) is 6.48. The van der Waals surface area contributed by atoms with Crippen molar-refractivity contribution in [3.63, 3.8) is 0 Å². The number of esters is 3. The molecule has 6 nitrogen and oxygen atoms in total. The van der Waals surface area contributed by atoms with Gasteiger partial charge in [0.05, 0.1) is 0 Å². The van der Waals surface area contributed by atoms with Crippen LogP contribution in [0.5, 0.6) is 0 Å². The molecule has 0 aromatic heterocycles. The van der Waals surface area contributed by atoms with Crippen molar-refractivity contribution in [3.05, 3.63) is 48.6 Å². The van der Waals surface area contributed by atoms with Gasteiger partial charge in [0.1, 0.15) is 13.2 Å². The van der Waals surface area contributed by atoms with Crippen molar-refractivity contribution in [3.8, 4) is 0 Å². The minimum Gasteiger partial charge on any atom is -0.462 e. The van der Waals surface area contributed by atoms with Gasteiger partial charge >= 0.3 is 17.9 Å². The van der Waals surface area contributed by atoms with Gasteiger partial charge in [0.2, 0.25) is 0 Å². The van der Waals surface area contributed by atoms with Crippen molar-refractivity contribution in [1.29, 1.82) is 0 Å². The lowest BCUT2D eigenvalue weighted by molar-refractivity contribution is -0.167. The third-order valence-electron chi connectivity index (χ3n) is 11.1. The fourth-order valence-corrected chi connectivity index (χ4v) is 7.26. The molecule has 0 aliphatic rings. The smallest absolute Gasteiger partial charge is 0.306 e. The normalized spacial score (nSPS) is 12.4. The average molecular weight is 841 g/mol. The van der Waals surface area contributed by atoms with Gasteiger partial charge in [-0.3, -0.25) is 14.4 Å². The van der Waals surface area contributed by atoms with Crippen molar-refractivity contribution in [2.45, 2.75) is 264 Å². The molecule has 0 aromatic rings. The van der Waals surface area contributed by atoms with Gasteiger partial charge in [0.25, 0.3) is 0 Å². The van der Waals surface area contributed by atoms with Gasteiger partial charge < -0.3 is 14.2 Å². The van der Waals surface area contributed by atoms with E-state index in [0.29, 0.717) is 19.3 Å². The molecule has 0 N–H and O–H groups in total.